The highest BCUT2D eigenvalue weighted by Crippen LogP contribution is 2.49. The number of hydrogen-bond acceptors (Lipinski definition) is 6. The number of carbonyl (C=O) groups excluding carboxylic acids is 1. The first-order chi connectivity index (χ1) is 12.1. The molecule has 1 fully saturated rings. The van der Waals surface area contributed by atoms with E-state index in [4.69, 9.17) is 5.11 Å². The van der Waals surface area contributed by atoms with Crippen LogP contribution in [0, 0.1) is 5.92 Å². The fraction of sp³-hybridized carbons (Fsp3) is 0.833. The van der Waals surface area contributed by atoms with Gasteiger partial charge in [-0.3, -0.25) is 0 Å². The van der Waals surface area contributed by atoms with Crippen molar-refractivity contribution in [1.29, 1.82) is 0 Å². The molecule has 1 aliphatic carbocycles. The zero-order valence-electron chi connectivity index (χ0n) is 15.0. The van der Waals surface area contributed by atoms with Gasteiger partial charge in [0, 0.05) is 10.9 Å². The molecule has 0 aromatic rings. The van der Waals surface area contributed by atoms with Gasteiger partial charge in [-0.15, -0.1) is 0 Å². The minimum Gasteiger partial charge on any atom is -0.394 e. The molecule has 0 aromatic heterocycles. The van der Waals surface area contributed by atoms with E-state index in [-0.39, 0.29) is 30.2 Å². The summed E-state index contributed by atoms with van der Waals surface area (Å²) in [5.41, 5.74) is -3.74. The van der Waals surface area contributed by atoms with Gasteiger partial charge in [0.15, 0.2) is 0 Å². The van der Waals surface area contributed by atoms with Gasteiger partial charge < -0.3 is 30.3 Å². The molecule has 0 spiro atoms. The summed E-state index contributed by atoms with van der Waals surface area (Å²) in [4.78, 5) is 11.0. The van der Waals surface area contributed by atoms with E-state index in [1.54, 1.807) is 0 Å². The lowest BCUT2D eigenvalue weighted by molar-refractivity contribution is -0.139. The first-order valence-corrected chi connectivity index (χ1v) is 9.82. The molecule has 0 amide bonds. The first kappa shape index (κ1) is 23.7. The van der Waals surface area contributed by atoms with E-state index in [0.717, 1.165) is 12.5 Å². The summed E-state index contributed by atoms with van der Waals surface area (Å²) in [6.07, 6.45) is -0.887. The topological polar surface area (TPSA) is 118 Å². The Labute approximate surface area is 161 Å². The predicted molar refractivity (Wildman–Crippen MR) is 98.5 cm³/mol. The number of rotatable bonds is 11. The second-order valence-corrected chi connectivity index (χ2v) is 8.08. The highest BCUT2D eigenvalue weighted by atomic mass is 79.9. The Bertz CT molecular complexity index is 490. The molecule has 26 heavy (non-hydrogen) atoms. The highest BCUT2D eigenvalue weighted by molar-refractivity contribution is 9.11. The third kappa shape index (κ3) is 5.33. The molecule has 1 rings (SSSR count). The number of aliphatic hydroxyl groups excluding tert-OH is 3. The van der Waals surface area contributed by atoms with Gasteiger partial charge in [0.05, 0.1) is 12.7 Å². The van der Waals surface area contributed by atoms with Crippen LogP contribution in [0.2, 0.25) is 0 Å². The minimum atomic E-state index is -1.95. The van der Waals surface area contributed by atoms with Crippen molar-refractivity contribution in [3.8, 4) is 0 Å². The fourth-order valence-corrected chi connectivity index (χ4v) is 4.23. The van der Waals surface area contributed by atoms with E-state index >= 15 is 0 Å². The van der Waals surface area contributed by atoms with Crippen molar-refractivity contribution in [1.82, 2.24) is 0 Å². The third-order valence-electron chi connectivity index (χ3n) is 5.28. The molecular weight excluding hydrogens is 411 g/mol. The van der Waals surface area contributed by atoms with Gasteiger partial charge in [0.1, 0.15) is 29.8 Å². The third-order valence-corrected chi connectivity index (χ3v) is 5.98. The number of carbonyl (C=O) groups is 1. The first-order valence-electron chi connectivity index (χ1n) is 9.02. The molecule has 6 atom stereocenters. The zero-order chi connectivity index (χ0) is 20.0. The van der Waals surface area contributed by atoms with E-state index in [9.17, 15) is 29.6 Å². The van der Waals surface area contributed by atoms with E-state index in [1.165, 1.54) is 0 Å². The van der Waals surface area contributed by atoms with Crippen molar-refractivity contribution in [3.05, 3.63) is 10.6 Å². The standard InChI is InChI=1S/C18H30BrFO6/c1-2-3-4-15(20)16(24)14(19)10-18(26)12(9-13(23)11-22)5-6-17(18,25)7-8-21/h8,10,12-13,15-16,22-26H,2-7,9,11H2,1H3/t12-,13?,15+,16+,17-,18-/m0/s1. The second-order valence-electron chi connectivity index (χ2n) is 7.17. The Hall–Kier alpha value is -0.380. The van der Waals surface area contributed by atoms with Crippen LogP contribution in [0.3, 0.4) is 0 Å². The SMILES string of the molecule is CCCC[C@@H](F)[C@H](O)C(Br)=C[C@]1(O)[C@H](CC(O)CO)CC[C@]1(O)CC=O. The minimum absolute atomic E-state index is 0.00404. The molecule has 0 aliphatic heterocycles. The molecule has 5 N–H and O–H groups in total. The Morgan fingerprint density at radius 2 is 2.04 bits per heavy atom. The van der Waals surface area contributed by atoms with Crippen molar-refractivity contribution in [2.75, 3.05) is 6.61 Å². The Morgan fingerprint density at radius 1 is 1.38 bits per heavy atom. The summed E-state index contributed by atoms with van der Waals surface area (Å²) < 4.78 is 14.1. The molecule has 0 radical (unpaired) electrons. The maximum atomic E-state index is 14.1. The lowest BCUT2D eigenvalue weighted by Crippen LogP contribution is -2.53. The van der Waals surface area contributed by atoms with Crippen LogP contribution in [0.1, 0.15) is 51.9 Å². The van der Waals surface area contributed by atoms with Crippen LogP contribution in [-0.2, 0) is 4.79 Å². The molecule has 1 saturated carbocycles. The average molecular weight is 441 g/mol. The number of aldehydes is 1. The number of halogens is 2. The van der Waals surface area contributed by atoms with Gasteiger partial charge in [0.25, 0.3) is 0 Å². The lowest BCUT2D eigenvalue weighted by Gasteiger charge is -2.39. The van der Waals surface area contributed by atoms with Crippen LogP contribution in [0.15, 0.2) is 10.6 Å². The molecule has 8 heteroatoms. The van der Waals surface area contributed by atoms with Crippen LogP contribution in [0.25, 0.3) is 0 Å². The van der Waals surface area contributed by atoms with E-state index in [1.807, 2.05) is 6.92 Å². The summed E-state index contributed by atoms with van der Waals surface area (Å²) in [6.45, 7) is 1.40. The van der Waals surface area contributed by atoms with Gasteiger partial charge in [-0.2, -0.15) is 0 Å². The van der Waals surface area contributed by atoms with E-state index < -0.39 is 42.1 Å². The Kier molecular flexibility index (Phi) is 9.32. The van der Waals surface area contributed by atoms with Gasteiger partial charge in [0.2, 0.25) is 0 Å². The maximum absolute atomic E-state index is 14.1. The summed E-state index contributed by atoms with van der Waals surface area (Å²) in [6, 6.07) is 0. The second kappa shape index (κ2) is 10.2. The monoisotopic (exact) mass is 440 g/mol. The summed E-state index contributed by atoms with van der Waals surface area (Å²) in [5, 5.41) is 50.9. The quantitative estimate of drug-likeness (QED) is 0.309. The van der Waals surface area contributed by atoms with Crippen LogP contribution >= 0.6 is 15.9 Å². The summed E-state index contributed by atoms with van der Waals surface area (Å²) in [7, 11) is 0. The highest BCUT2D eigenvalue weighted by Gasteiger charge is 2.57. The molecule has 0 heterocycles. The Morgan fingerprint density at radius 3 is 2.58 bits per heavy atom. The molecule has 0 bridgehead atoms. The molecule has 0 saturated heterocycles. The number of alkyl halides is 1. The summed E-state index contributed by atoms with van der Waals surface area (Å²) >= 11 is 3.09. The Balaban J connectivity index is 3.13. The van der Waals surface area contributed by atoms with E-state index in [0.29, 0.717) is 19.1 Å². The maximum Gasteiger partial charge on any atom is 0.131 e. The van der Waals surface area contributed by atoms with Crippen molar-refractivity contribution in [2.45, 2.75) is 81.5 Å². The van der Waals surface area contributed by atoms with E-state index in [2.05, 4.69) is 15.9 Å². The fourth-order valence-electron chi connectivity index (χ4n) is 3.59. The van der Waals surface area contributed by atoms with Gasteiger partial charge in [-0.1, -0.05) is 35.7 Å². The van der Waals surface area contributed by atoms with Crippen molar-refractivity contribution >= 4 is 22.2 Å². The van der Waals surface area contributed by atoms with Crippen LogP contribution < -0.4 is 0 Å². The van der Waals surface area contributed by atoms with Crippen LogP contribution in [-0.4, -0.2) is 68.0 Å². The van der Waals surface area contributed by atoms with Gasteiger partial charge >= 0.3 is 0 Å². The van der Waals surface area contributed by atoms with Gasteiger partial charge in [-0.25, -0.2) is 4.39 Å². The van der Waals surface area contributed by atoms with Crippen LogP contribution in [0.4, 0.5) is 4.39 Å². The predicted octanol–water partition coefficient (Wildman–Crippen LogP) is 1.36. The van der Waals surface area contributed by atoms with Crippen molar-refractivity contribution < 1.29 is 34.7 Å². The summed E-state index contributed by atoms with van der Waals surface area (Å²) in [5.74, 6) is -0.664. The molecule has 152 valence electrons. The zero-order valence-corrected chi connectivity index (χ0v) is 16.6. The lowest BCUT2D eigenvalue weighted by atomic mass is 9.76. The number of aliphatic hydroxyl groups is 5. The number of unbranched alkanes of at least 4 members (excludes halogenated alkanes) is 1. The van der Waals surface area contributed by atoms with Crippen molar-refractivity contribution in [2.24, 2.45) is 5.92 Å². The smallest absolute Gasteiger partial charge is 0.131 e. The normalized spacial score (nSPS) is 33.1. The molecule has 0 aromatic carbocycles. The van der Waals surface area contributed by atoms with Crippen molar-refractivity contribution in [3.63, 3.8) is 0 Å². The number of hydrogen-bond donors (Lipinski definition) is 5. The average Bonchev–Trinajstić information content (AvgIpc) is 2.83. The molecular formula is C18H30BrFO6. The van der Waals surface area contributed by atoms with Crippen LogP contribution in [0.5, 0.6) is 0 Å². The van der Waals surface area contributed by atoms with Gasteiger partial charge in [-0.05, 0) is 37.7 Å². The largest absolute Gasteiger partial charge is 0.394 e. The molecule has 6 nitrogen and oxygen atoms in total. The molecule has 1 aliphatic rings. The molecule has 1 unspecified atom stereocenters.